The summed E-state index contributed by atoms with van der Waals surface area (Å²) >= 11 is 0. The minimum atomic E-state index is -2.28. The quantitative estimate of drug-likeness (QED) is 0.352. The van der Waals surface area contributed by atoms with Crippen LogP contribution in [0.3, 0.4) is 0 Å². The van der Waals surface area contributed by atoms with Crippen molar-refractivity contribution in [3.63, 3.8) is 0 Å². The molecule has 0 radical (unpaired) electrons. The fourth-order valence-electron chi connectivity index (χ4n) is 0. The van der Waals surface area contributed by atoms with Gasteiger partial charge >= 0.3 is 18.9 Å². The van der Waals surface area contributed by atoms with Gasteiger partial charge < -0.3 is 15.6 Å². The van der Waals surface area contributed by atoms with E-state index >= 15 is 0 Å². The van der Waals surface area contributed by atoms with Crippen LogP contribution in [0.25, 0.3) is 0 Å². The van der Waals surface area contributed by atoms with Crippen LogP contribution in [0.5, 0.6) is 0 Å². The molecular weight excluding hydrogens is 89.0 g/mol. The molecule has 36 valence electrons. The first kappa shape index (κ1) is 3.96. The van der Waals surface area contributed by atoms with Crippen LogP contribution in [-0.2, 0) is 4.79 Å². The number of hydrogen-bond donors (Lipinski definition) is 1. The smallest absolute Gasteiger partial charge is 0.548 e. The van der Waals surface area contributed by atoms with Crippen molar-refractivity contribution in [1.82, 2.24) is 0 Å². The van der Waals surface area contributed by atoms with Gasteiger partial charge in [0.25, 0.3) is 0 Å². The third kappa shape index (κ3) is 6.03. The second-order valence-corrected chi connectivity index (χ2v) is 0.873. The maximum absolute atomic E-state index is 9.88. The summed E-state index contributed by atoms with van der Waals surface area (Å²) in [5.74, 6) is -1.76. The third-order valence-electron chi connectivity index (χ3n) is 0.295. The van der Waals surface area contributed by atoms with Gasteiger partial charge in [-0.05, 0) is 6.92 Å². The van der Waals surface area contributed by atoms with E-state index in [-0.39, 0.29) is 24.6 Å². The average Bonchev–Trinajstić information content (AvgIpc) is 1.65. The number of nitrogens with two attached hydrogens (primary N) is 1. The third-order valence-corrected chi connectivity index (χ3v) is 0.295. The van der Waals surface area contributed by atoms with Crippen molar-refractivity contribution in [2.24, 2.45) is 5.72 Å². The van der Waals surface area contributed by atoms with E-state index in [9.17, 15) is 9.90 Å². The first-order valence-corrected chi connectivity index (χ1v) is 1.38. The molecule has 1 atom stereocenters. The minimum absolute atomic E-state index is 0. The molecule has 0 amide bonds. The molecule has 0 aliphatic carbocycles. The molecule has 0 rings (SSSR count). The molecule has 0 aliphatic heterocycles. The van der Waals surface area contributed by atoms with Crippen molar-refractivity contribution in [3.05, 3.63) is 0 Å². The second-order valence-electron chi connectivity index (χ2n) is 0.873. The Morgan fingerprint density at radius 3 is 2.71 bits per heavy atom. The van der Waals surface area contributed by atoms with E-state index in [2.05, 4.69) is 0 Å². The van der Waals surface area contributed by atoms with Crippen molar-refractivity contribution >= 4 is 5.97 Å². The van der Waals surface area contributed by atoms with E-state index in [1.807, 2.05) is 0 Å². The van der Waals surface area contributed by atoms with Gasteiger partial charge in [-0.1, -0.05) is 0 Å². The molecule has 0 aromatic carbocycles. The minimum Gasteiger partial charge on any atom is -0.548 e. The molecule has 7 heavy (non-hydrogen) atoms. The van der Waals surface area contributed by atoms with Crippen molar-refractivity contribution in [2.45, 2.75) is 12.9 Å². The molecule has 0 aliphatic rings. The van der Waals surface area contributed by atoms with E-state index in [0.717, 1.165) is 6.92 Å². The van der Waals surface area contributed by atoms with Crippen molar-refractivity contribution in [3.8, 4) is 0 Å². The summed E-state index contributed by atoms with van der Waals surface area (Å²) in [6.07, 6.45) is 0. The van der Waals surface area contributed by atoms with Crippen molar-refractivity contribution in [2.75, 3.05) is 0 Å². The number of aliphatic carboxylic acids is 1. The summed E-state index contributed by atoms with van der Waals surface area (Å²) in [7, 11) is 0. The summed E-state index contributed by atoms with van der Waals surface area (Å²) in [6.45, 7) is 0.891. The van der Waals surface area contributed by atoms with Crippen LogP contribution in [0.1, 0.15) is 8.29 Å². The van der Waals surface area contributed by atoms with Gasteiger partial charge in [0.1, 0.15) is 2.82 Å². The number of rotatable bonds is 2. The van der Waals surface area contributed by atoms with E-state index in [1.54, 1.807) is 0 Å². The Labute approximate surface area is 58.4 Å². The first-order chi connectivity index (χ1) is 3.89. The maximum Gasteiger partial charge on any atom is 1.00 e. The van der Waals surface area contributed by atoms with Crippen LogP contribution >= 0.6 is 0 Å². The summed E-state index contributed by atoms with van der Waals surface area (Å²) in [5.41, 5.74) is -0.234. The molecule has 0 spiro atoms. The summed E-state index contributed by atoms with van der Waals surface area (Å²) < 4.78 is 19.5. The van der Waals surface area contributed by atoms with Crippen LogP contribution in [0.4, 0.5) is 0 Å². The molecule has 4 heteroatoms. The monoisotopic (exact) mass is 98.1 g/mol. The molecule has 0 unspecified atom stereocenters. The van der Waals surface area contributed by atoms with Gasteiger partial charge in [0.05, 0.1) is 7.34 Å². The van der Waals surface area contributed by atoms with Crippen LogP contribution in [0, 0.1) is 0 Å². The molecule has 0 aromatic heterocycles. The number of carboxylic acid groups (broad SMARTS) is 1. The number of hydrogen-bond acceptors (Lipinski definition) is 3. The van der Waals surface area contributed by atoms with Gasteiger partial charge in [0.2, 0.25) is 0 Å². The fourth-order valence-corrected chi connectivity index (χ4v) is 0. The summed E-state index contributed by atoms with van der Waals surface area (Å²) in [6, 6.07) is -2.28. The molecule has 0 saturated heterocycles. The predicted octanol–water partition coefficient (Wildman–Crippen LogP) is -4.91. The van der Waals surface area contributed by atoms with Gasteiger partial charge in [-0.25, -0.2) is 0 Å². The topological polar surface area (TPSA) is 66.2 Å². The number of carboxylic acids is 1. The first-order valence-electron chi connectivity index (χ1n) is 2.78. The fraction of sp³-hybridized carbons (Fsp3) is 0.667. The molecule has 0 saturated carbocycles. The van der Waals surface area contributed by atoms with Crippen LogP contribution in [0.15, 0.2) is 0 Å². The maximum atomic E-state index is 9.88. The molecular formula is C3H6LiNO2. The summed E-state index contributed by atoms with van der Waals surface area (Å²) in [5, 5.41) is 9.88. The van der Waals surface area contributed by atoms with Gasteiger partial charge in [-0.3, -0.25) is 0 Å². The van der Waals surface area contributed by atoms with Gasteiger partial charge in [-0.2, -0.15) is 0 Å². The van der Waals surface area contributed by atoms with E-state index in [1.165, 1.54) is 0 Å². The van der Waals surface area contributed by atoms with E-state index < -0.39 is 12.0 Å². The standard InChI is InChI=1S/C3H7NO2.Li/c1-2(4)3(5)6;/h2H,4H2,1H3,(H,5,6);/q;+1/p-1/t2-;/m1./s1/i2D;/hD2. The Balaban J connectivity index is 0. The second kappa shape index (κ2) is 4.19. The molecule has 2 N–H and O–H groups in total. The molecule has 0 heterocycles. The van der Waals surface area contributed by atoms with Crippen LogP contribution in [-0.4, -0.2) is 12.0 Å². The molecule has 3 nitrogen and oxygen atoms in total. The van der Waals surface area contributed by atoms with E-state index in [4.69, 9.17) is 4.19 Å². The Bertz CT molecular complexity index is 129. The zero-order valence-electron chi connectivity index (χ0n) is 7.26. The Morgan fingerprint density at radius 2 is 2.71 bits per heavy atom. The SMILES string of the molecule is [2H]N([2H])[C@]([2H])(C)C(=O)[O-].[Li+]. The van der Waals surface area contributed by atoms with Crippen LogP contribution in [0.2, 0.25) is 2.82 Å². The largest absolute Gasteiger partial charge is 1.00 e. The normalized spacial score (nSPS) is 22.9. The van der Waals surface area contributed by atoms with Crippen molar-refractivity contribution in [1.29, 1.82) is 0 Å². The summed E-state index contributed by atoms with van der Waals surface area (Å²) in [4.78, 5) is 9.88. The Kier molecular flexibility index (Phi) is 2.37. The van der Waals surface area contributed by atoms with Gasteiger partial charge in [0.15, 0.2) is 0 Å². The van der Waals surface area contributed by atoms with E-state index in [0.29, 0.717) is 0 Å². The molecule has 0 aromatic rings. The van der Waals surface area contributed by atoms with Gasteiger partial charge in [-0.15, -0.1) is 0 Å². The van der Waals surface area contributed by atoms with Gasteiger partial charge in [0, 0.05) is 6.02 Å². The Morgan fingerprint density at radius 1 is 2.29 bits per heavy atom. The van der Waals surface area contributed by atoms with Crippen molar-refractivity contribution < 1.29 is 33.0 Å². The zero-order valence-corrected chi connectivity index (χ0v) is 4.26. The zero-order chi connectivity index (χ0) is 7.65. The van der Waals surface area contributed by atoms with Crippen LogP contribution < -0.4 is 29.7 Å². The average molecular weight is 98.0 g/mol. The Hall–Kier alpha value is 0.0274. The number of carbonyl (C=O) groups excluding carboxylic acids is 1. The number of carbonyl (C=O) groups is 1. The molecule has 0 bridgehead atoms. The predicted molar refractivity (Wildman–Crippen MR) is 18.7 cm³/mol. The molecule has 0 fully saturated rings.